The first-order valence-electron chi connectivity index (χ1n) is 7.01. The Morgan fingerprint density at radius 2 is 1.91 bits per heavy atom. The summed E-state index contributed by atoms with van der Waals surface area (Å²) >= 11 is 0. The lowest BCUT2D eigenvalue weighted by atomic mass is 9.98. The number of carbonyl (C=O) groups is 2. The van der Waals surface area contributed by atoms with Crippen molar-refractivity contribution in [2.45, 2.75) is 0 Å². The molecule has 1 aliphatic heterocycles. The Kier molecular flexibility index (Phi) is 4.01. The Labute approximate surface area is 130 Å². The van der Waals surface area contributed by atoms with E-state index in [9.17, 15) is 18.4 Å². The number of amides is 2. The molecule has 1 fully saturated rings. The molecule has 0 atom stereocenters. The highest BCUT2D eigenvalue weighted by Gasteiger charge is 2.36. The summed E-state index contributed by atoms with van der Waals surface area (Å²) in [6.07, 6.45) is 1.56. The highest BCUT2D eigenvalue weighted by molar-refractivity contribution is 5.98. The molecule has 5 nitrogen and oxygen atoms in total. The number of nitrogens with zero attached hydrogens (tertiary/aromatic N) is 2. The Balaban J connectivity index is 1.57. The molecule has 1 aromatic carbocycles. The van der Waals surface area contributed by atoms with Gasteiger partial charge in [0.1, 0.15) is 5.82 Å². The van der Waals surface area contributed by atoms with Gasteiger partial charge in [0.2, 0.25) is 5.91 Å². The highest BCUT2D eigenvalue weighted by atomic mass is 19.2. The van der Waals surface area contributed by atoms with Crippen LogP contribution in [-0.2, 0) is 4.79 Å². The van der Waals surface area contributed by atoms with E-state index < -0.39 is 17.5 Å². The van der Waals surface area contributed by atoms with E-state index in [2.05, 4.69) is 10.3 Å². The minimum atomic E-state index is -1.07. The molecule has 2 aromatic rings. The van der Waals surface area contributed by atoms with E-state index in [1.165, 1.54) is 11.0 Å². The minimum absolute atomic E-state index is 0.0625. The van der Waals surface area contributed by atoms with Crippen LogP contribution in [0.5, 0.6) is 0 Å². The molecule has 23 heavy (non-hydrogen) atoms. The second-order valence-corrected chi connectivity index (χ2v) is 5.24. The molecule has 118 valence electrons. The Morgan fingerprint density at radius 1 is 1.13 bits per heavy atom. The molecular formula is C16H13F2N3O2. The van der Waals surface area contributed by atoms with Crippen LogP contribution in [0.2, 0.25) is 0 Å². The molecule has 2 heterocycles. The standard InChI is InChI=1S/C16H13F2N3O2/c17-12-5-4-10(7-13(12)18)16(23)21-8-11(9-21)15(22)20-14-3-1-2-6-19-14/h1-7,11H,8-9H2,(H,19,20,22). The van der Waals surface area contributed by atoms with E-state index in [0.29, 0.717) is 5.82 Å². The molecule has 0 spiro atoms. The van der Waals surface area contributed by atoms with Crippen molar-refractivity contribution in [1.29, 1.82) is 0 Å². The molecule has 1 aromatic heterocycles. The molecular weight excluding hydrogens is 304 g/mol. The monoisotopic (exact) mass is 317 g/mol. The third-order valence-electron chi connectivity index (χ3n) is 3.62. The zero-order valence-electron chi connectivity index (χ0n) is 12.0. The minimum Gasteiger partial charge on any atom is -0.337 e. The van der Waals surface area contributed by atoms with Gasteiger partial charge >= 0.3 is 0 Å². The number of likely N-dealkylation sites (tertiary alicyclic amines) is 1. The first-order chi connectivity index (χ1) is 11.0. The van der Waals surface area contributed by atoms with Crippen LogP contribution in [0.15, 0.2) is 42.6 Å². The molecule has 2 amide bonds. The van der Waals surface area contributed by atoms with E-state index in [0.717, 1.165) is 12.1 Å². The topological polar surface area (TPSA) is 62.3 Å². The number of benzene rings is 1. The molecule has 0 aliphatic carbocycles. The Bertz CT molecular complexity index is 746. The second kappa shape index (κ2) is 6.12. The zero-order valence-corrected chi connectivity index (χ0v) is 12.0. The third-order valence-corrected chi connectivity index (χ3v) is 3.62. The lowest BCUT2D eigenvalue weighted by Gasteiger charge is -2.38. The molecule has 0 radical (unpaired) electrons. The number of pyridine rings is 1. The normalized spacial score (nSPS) is 14.3. The smallest absolute Gasteiger partial charge is 0.254 e. The van der Waals surface area contributed by atoms with Gasteiger partial charge in [-0.2, -0.15) is 0 Å². The van der Waals surface area contributed by atoms with Gasteiger partial charge in [-0.15, -0.1) is 0 Å². The van der Waals surface area contributed by atoms with Crippen LogP contribution in [0, 0.1) is 17.6 Å². The number of nitrogens with one attached hydrogen (secondary N) is 1. The molecule has 7 heteroatoms. The van der Waals surface area contributed by atoms with Gasteiger partial charge in [0, 0.05) is 24.8 Å². The number of halogens is 2. The number of carbonyl (C=O) groups excluding carboxylic acids is 2. The third kappa shape index (κ3) is 3.18. The summed E-state index contributed by atoms with van der Waals surface area (Å²) in [5, 5.41) is 2.66. The quantitative estimate of drug-likeness (QED) is 0.942. The summed E-state index contributed by atoms with van der Waals surface area (Å²) in [7, 11) is 0. The van der Waals surface area contributed by atoms with E-state index in [4.69, 9.17) is 0 Å². The van der Waals surface area contributed by atoms with Crippen molar-refractivity contribution in [3.8, 4) is 0 Å². The fourth-order valence-electron chi connectivity index (χ4n) is 2.29. The molecule has 3 rings (SSSR count). The van der Waals surface area contributed by atoms with Gasteiger partial charge < -0.3 is 10.2 Å². The van der Waals surface area contributed by atoms with Gasteiger partial charge in [-0.05, 0) is 30.3 Å². The van der Waals surface area contributed by atoms with Crippen molar-refractivity contribution in [3.05, 3.63) is 59.8 Å². The van der Waals surface area contributed by atoms with Crippen molar-refractivity contribution >= 4 is 17.6 Å². The van der Waals surface area contributed by atoms with Crippen LogP contribution in [0.1, 0.15) is 10.4 Å². The van der Waals surface area contributed by atoms with Gasteiger partial charge in [-0.1, -0.05) is 6.07 Å². The predicted molar refractivity (Wildman–Crippen MR) is 78.6 cm³/mol. The molecule has 1 aliphatic rings. The summed E-state index contributed by atoms with van der Waals surface area (Å²) < 4.78 is 26.0. The average molecular weight is 317 g/mol. The van der Waals surface area contributed by atoms with Crippen molar-refractivity contribution < 1.29 is 18.4 Å². The Morgan fingerprint density at radius 3 is 2.57 bits per heavy atom. The predicted octanol–water partition coefficient (Wildman–Crippen LogP) is 2.07. The van der Waals surface area contributed by atoms with Crippen LogP contribution in [-0.4, -0.2) is 34.8 Å². The van der Waals surface area contributed by atoms with E-state index in [1.807, 2.05) is 0 Å². The Hall–Kier alpha value is -2.83. The number of aromatic nitrogens is 1. The van der Waals surface area contributed by atoms with Gasteiger partial charge in [0.25, 0.3) is 5.91 Å². The summed E-state index contributed by atoms with van der Waals surface area (Å²) in [5.41, 5.74) is 0.0625. The van der Waals surface area contributed by atoms with Crippen molar-refractivity contribution in [2.24, 2.45) is 5.92 Å². The summed E-state index contributed by atoms with van der Waals surface area (Å²) in [6.45, 7) is 0.465. The first kappa shape index (κ1) is 15.1. The van der Waals surface area contributed by atoms with Crippen LogP contribution >= 0.6 is 0 Å². The van der Waals surface area contributed by atoms with Gasteiger partial charge in [0.05, 0.1) is 5.92 Å². The van der Waals surface area contributed by atoms with Crippen LogP contribution in [0.25, 0.3) is 0 Å². The summed E-state index contributed by atoms with van der Waals surface area (Å²) in [4.78, 5) is 29.5. The molecule has 0 saturated carbocycles. The highest BCUT2D eigenvalue weighted by Crippen LogP contribution is 2.21. The summed E-state index contributed by atoms with van der Waals surface area (Å²) in [6, 6.07) is 8.15. The maximum atomic E-state index is 13.2. The maximum Gasteiger partial charge on any atom is 0.254 e. The largest absolute Gasteiger partial charge is 0.337 e. The first-order valence-corrected chi connectivity index (χ1v) is 7.01. The molecule has 1 saturated heterocycles. The molecule has 0 bridgehead atoms. The van der Waals surface area contributed by atoms with Crippen LogP contribution in [0.3, 0.4) is 0 Å². The van der Waals surface area contributed by atoms with Crippen molar-refractivity contribution in [1.82, 2.24) is 9.88 Å². The van der Waals surface area contributed by atoms with Gasteiger partial charge in [-0.3, -0.25) is 9.59 Å². The van der Waals surface area contributed by atoms with Crippen molar-refractivity contribution in [3.63, 3.8) is 0 Å². The van der Waals surface area contributed by atoms with Gasteiger partial charge in [-0.25, -0.2) is 13.8 Å². The van der Waals surface area contributed by atoms with Gasteiger partial charge in [0.15, 0.2) is 11.6 Å². The zero-order chi connectivity index (χ0) is 16.4. The lowest BCUT2D eigenvalue weighted by Crippen LogP contribution is -2.54. The fourth-order valence-corrected chi connectivity index (χ4v) is 2.29. The average Bonchev–Trinajstić information content (AvgIpc) is 2.49. The van der Waals surface area contributed by atoms with E-state index in [1.54, 1.807) is 24.4 Å². The van der Waals surface area contributed by atoms with E-state index >= 15 is 0 Å². The van der Waals surface area contributed by atoms with Crippen LogP contribution < -0.4 is 5.32 Å². The fraction of sp³-hybridized carbons (Fsp3) is 0.188. The lowest BCUT2D eigenvalue weighted by molar-refractivity contribution is -0.123. The maximum absolute atomic E-state index is 13.2. The second-order valence-electron chi connectivity index (χ2n) is 5.24. The number of hydrogen-bond donors (Lipinski definition) is 1. The van der Waals surface area contributed by atoms with Crippen molar-refractivity contribution in [2.75, 3.05) is 18.4 Å². The summed E-state index contributed by atoms with van der Waals surface area (Å²) in [5.74, 6) is -2.61. The SMILES string of the molecule is O=C(Nc1ccccn1)C1CN(C(=O)c2ccc(F)c(F)c2)C1. The molecule has 1 N–H and O–H groups in total. The molecule has 0 unspecified atom stereocenters. The number of anilines is 1. The van der Waals surface area contributed by atoms with E-state index in [-0.39, 0.29) is 30.5 Å². The van der Waals surface area contributed by atoms with Crippen LogP contribution in [0.4, 0.5) is 14.6 Å². The number of hydrogen-bond acceptors (Lipinski definition) is 3. The number of rotatable bonds is 3.